The van der Waals surface area contributed by atoms with Crippen LogP contribution in [0.2, 0.25) is 0 Å². The first-order valence-corrected chi connectivity index (χ1v) is 9.60. The molecule has 0 aliphatic heterocycles. The Hall–Kier alpha value is -2.44. The zero-order valence-electron chi connectivity index (χ0n) is 15.4. The lowest BCUT2D eigenvalue weighted by molar-refractivity contribution is -0.384. The van der Waals surface area contributed by atoms with E-state index in [2.05, 4.69) is 0 Å². The summed E-state index contributed by atoms with van der Waals surface area (Å²) in [5.41, 5.74) is 0.490. The van der Waals surface area contributed by atoms with Crippen molar-refractivity contribution in [3.05, 3.63) is 34.4 Å². The molecule has 4 bridgehead atoms. The number of likely N-dealkylation sites (N-methyl/N-ethyl adjacent to an activating group) is 1. The lowest BCUT2D eigenvalue weighted by Gasteiger charge is -2.53. The summed E-state index contributed by atoms with van der Waals surface area (Å²) in [7, 11) is 1.57. The number of ether oxygens (including phenoxy) is 1. The van der Waals surface area contributed by atoms with Crippen molar-refractivity contribution < 1.29 is 19.2 Å². The van der Waals surface area contributed by atoms with E-state index in [4.69, 9.17) is 4.74 Å². The lowest BCUT2D eigenvalue weighted by atomic mass is 9.52. The molecule has 0 radical (unpaired) electrons. The number of rotatable bonds is 5. The Balaban J connectivity index is 1.33. The maximum absolute atomic E-state index is 12.6. The molecule has 0 N–H and O–H groups in total. The average Bonchev–Trinajstić information content (AvgIpc) is 2.64. The minimum absolute atomic E-state index is 0.0343. The van der Waals surface area contributed by atoms with Crippen LogP contribution in [0.15, 0.2) is 24.3 Å². The fraction of sp³-hybridized carbons (Fsp3) is 0.600. The number of anilines is 1. The highest BCUT2D eigenvalue weighted by Gasteiger charge is 2.51. The van der Waals surface area contributed by atoms with Gasteiger partial charge in [0.15, 0.2) is 6.61 Å². The smallest absolute Gasteiger partial charge is 0.310 e. The predicted molar refractivity (Wildman–Crippen MR) is 98.0 cm³/mol. The molecule has 1 aromatic carbocycles. The molecule has 0 unspecified atom stereocenters. The average molecular weight is 372 g/mol. The van der Waals surface area contributed by atoms with Gasteiger partial charge in [0.25, 0.3) is 11.6 Å². The zero-order chi connectivity index (χ0) is 19.1. The summed E-state index contributed by atoms with van der Waals surface area (Å²) in [6.45, 7) is -0.297. The van der Waals surface area contributed by atoms with Gasteiger partial charge in [-0.1, -0.05) is 0 Å². The molecule has 0 saturated heterocycles. The number of carbonyl (C=O) groups excluding carboxylic acids is 2. The van der Waals surface area contributed by atoms with Gasteiger partial charge in [-0.15, -0.1) is 0 Å². The Bertz CT molecular complexity index is 732. The minimum atomic E-state index is -0.488. The number of amides is 1. The number of hydrogen-bond acceptors (Lipinski definition) is 5. The number of carbonyl (C=O) groups is 2. The van der Waals surface area contributed by atoms with Crippen LogP contribution in [0.4, 0.5) is 11.4 Å². The Labute approximate surface area is 157 Å². The van der Waals surface area contributed by atoms with Crippen molar-refractivity contribution in [1.29, 1.82) is 0 Å². The monoisotopic (exact) mass is 372 g/mol. The van der Waals surface area contributed by atoms with E-state index >= 15 is 0 Å². The van der Waals surface area contributed by atoms with Gasteiger partial charge in [0.2, 0.25) is 0 Å². The van der Waals surface area contributed by atoms with Gasteiger partial charge < -0.3 is 9.64 Å². The zero-order valence-corrected chi connectivity index (χ0v) is 15.4. The van der Waals surface area contributed by atoms with Gasteiger partial charge in [0.05, 0.1) is 10.8 Å². The molecule has 1 amide bonds. The highest BCUT2D eigenvalue weighted by molar-refractivity contribution is 5.94. The maximum Gasteiger partial charge on any atom is 0.310 e. The van der Waals surface area contributed by atoms with Crippen LogP contribution in [0.5, 0.6) is 0 Å². The first-order chi connectivity index (χ1) is 12.9. The van der Waals surface area contributed by atoms with E-state index in [0.717, 1.165) is 37.5 Å². The number of nitro benzene ring substituents is 1. The molecular formula is C20H24N2O5. The van der Waals surface area contributed by atoms with Gasteiger partial charge in [0, 0.05) is 24.9 Å². The van der Waals surface area contributed by atoms with E-state index in [1.165, 1.54) is 35.6 Å². The summed E-state index contributed by atoms with van der Waals surface area (Å²) < 4.78 is 5.40. The number of esters is 1. The Morgan fingerprint density at radius 2 is 1.63 bits per heavy atom. The number of benzene rings is 1. The second-order valence-corrected chi connectivity index (χ2v) is 8.29. The fourth-order valence-electron chi connectivity index (χ4n) is 5.58. The first-order valence-electron chi connectivity index (χ1n) is 9.60. The van der Waals surface area contributed by atoms with Crippen molar-refractivity contribution in [3.63, 3.8) is 0 Å². The van der Waals surface area contributed by atoms with E-state index in [0.29, 0.717) is 17.5 Å². The van der Waals surface area contributed by atoms with Gasteiger partial charge in [0.1, 0.15) is 0 Å². The highest BCUT2D eigenvalue weighted by Crippen LogP contribution is 2.56. The van der Waals surface area contributed by atoms with Crippen molar-refractivity contribution in [2.24, 2.45) is 29.6 Å². The van der Waals surface area contributed by atoms with Crippen LogP contribution in [-0.4, -0.2) is 30.5 Å². The van der Waals surface area contributed by atoms with Crippen LogP contribution in [0.3, 0.4) is 0 Å². The number of nitro groups is 1. The molecule has 7 nitrogen and oxygen atoms in total. The molecule has 0 spiro atoms. The van der Waals surface area contributed by atoms with Crippen molar-refractivity contribution in [3.8, 4) is 0 Å². The molecule has 4 aliphatic rings. The standard InChI is InChI=1S/C20H24N2O5/c1-21(16-2-4-17(5-3-16)22(25)26)18(23)11-27-20(24)19-14-7-12-6-13(9-14)10-15(19)8-12/h2-5,12-15,19H,6-11H2,1H3. The second kappa shape index (κ2) is 6.94. The molecule has 4 fully saturated rings. The number of hydrogen-bond donors (Lipinski definition) is 0. The summed E-state index contributed by atoms with van der Waals surface area (Å²) in [4.78, 5) is 36.6. The van der Waals surface area contributed by atoms with Crippen LogP contribution < -0.4 is 4.90 Å². The SMILES string of the molecule is CN(C(=O)COC(=O)C1C2CC3CC(C2)CC1C3)c1ccc([N+](=O)[O-])cc1. The highest BCUT2D eigenvalue weighted by atomic mass is 16.6. The molecule has 0 aromatic heterocycles. The molecule has 144 valence electrons. The van der Waals surface area contributed by atoms with E-state index in [1.54, 1.807) is 7.05 Å². The van der Waals surface area contributed by atoms with Crippen LogP contribution in [0.25, 0.3) is 0 Å². The molecule has 7 heteroatoms. The quantitative estimate of drug-likeness (QED) is 0.450. The molecule has 1 aromatic rings. The largest absolute Gasteiger partial charge is 0.455 e. The van der Waals surface area contributed by atoms with E-state index < -0.39 is 4.92 Å². The van der Waals surface area contributed by atoms with Gasteiger partial charge in [-0.2, -0.15) is 0 Å². The molecule has 0 heterocycles. The molecule has 0 atom stereocenters. The fourth-order valence-corrected chi connectivity index (χ4v) is 5.58. The molecule has 27 heavy (non-hydrogen) atoms. The molecular weight excluding hydrogens is 348 g/mol. The number of nitrogens with zero attached hydrogens (tertiary/aromatic N) is 2. The summed E-state index contributed by atoms with van der Waals surface area (Å²) in [6, 6.07) is 5.71. The lowest BCUT2D eigenvalue weighted by Crippen LogP contribution is -2.48. The van der Waals surface area contributed by atoms with Crippen molar-refractivity contribution in [2.75, 3.05) is 18.6 Å². The number of non-ortho nitro benzene ring substituents is 1. The molecule has 4 aliphatic carbocycles. The Kier molecular flexibility index (Phi) is 4.61. The molecule has 4 saturated carbocycles. The third kappa shape index (κ3) is 3.42. The predicted octanol–water partition coefficient (Wildman–Crippen LogP) is 3.17. The first kappa shape index (κ1) is 17.9. The third-order valence-electron chi connectivity index (χ3n) is 6.66. The summed E-state index contributed by atoms with van der Waals surface area (Å²) in [5, 5.41) is 10.7. The van der Waals surface area contributed by atoms with Gasteiger partial charge >= 0.3 is 5.97 Å². The van der Waals surface area contributed by atoms with Crippen LogP contribution in [0.1, 0.15) is 32.1 Å². The van der Waals surface area contributed by atoms with Crippen LogP contribution >= 0.6 is 0 Å². The van der Waals surface area contributed by atoms with Crippen molar-refractivity contribution >= 4 is 23.3 Å². The summed E-state index contributed by atoms with van der Waals surface area (Å²) in [5.74, 6) is 1.80. The Morgan fingerprint density at radius 3 is 2.15 bits per heavy atom. The summed E-state index contributed by atoms with van der Waals surface area (Å²) in [6.07, 6.45) is 5.84. The Morgan fingerprint density at radius 1 is 1.07 bits per heavy atom. The molecule has 5 rings (SSSR count). The second-order valence-electron chi connectivity index (χ2n) is 8.29. The van der Waals surface area contributed by atoms with Crippen molar-refractivity contribution in [1.82, 2.24) is 0 Å². The topological polar surface area (TPSA) is 89.8 Å². The maximum atomic E-state index is 12.6. The summed E-state index contributed by atoms with van der Waals surface area (Å²) >= 11 is 0. The minimum Gasteiger partial charge on any atom is -0.455 e. The van der Waals surface area contributed by atoms with Gasteiger partial charge in [-0.25, -0.2) is 0 Å². The third-order valence-corrected chi connectivity index (χ3v) is 6.66. The van der Waals surface area contributed by atoms with E-state index in [-0.39, 0.29) is 30.1 Å². The van der Waals surface area contributed by atoms with E-state index in [9.17, 15) is 19.7 Å². The normalized spacial score (nSPS) is 30.8. The van der Waals surface area contributed by atoms with Crippen molar-refractivity contribution in [2.45, 2.75) is 32.1 Å². The van der Waals surface area contributed by atoms with Gasteiger partial charge in [-0.3, -0.25) is 19.7 Å². The van der Waals surface area contributed by atoms with Crippen LogP contribution in [0, 0.1) is 39.7 Å². The van der Waals surface area contributed by atoms with Crippen LogP contribution in [-0.2, 0) is 14.3 Å². The van der Waals surface area contributed by atoms with E-state index in [1.807, 2.05) is 0 Å². The van der Waals surface area contributed by atoms with Gasteiger partial charge in [-0.05, 0) is 67.9 Å².